The van der Waals surface area contributed by atoms with Crippen LogP contribution in [-0.2, 0) is 23.0 Å². The lowest BCUT2D eigenvalue weighted by Crippen LogP contribution is -2.10. The predicted molar refractivity (Wildman–Crippen MR) is 99.2 cm³/mol. The molecule has 0 saturated carbocycles. The van der Waals surface area contributed by atoms with Crippen molar-refractivity contribution in [1.29, 1.82) is 0 Å². The second kappa shape index (κ2) is 7.09. The molecule has 0 saturated heterocycles. The standard InChI is InChI=1S/C20H19NO3S/c21-19-11-12-20(25(22,23)24)18(14-16-9-5-2-6-10-16)17(19)13-15-7-3-1-4-8-15/h1-12H,13-14,21H2,(H,22,23,24). The lowest BCUT2D eigenvalue weighted by atomic mass is 9.94. The van der Waals surface area contributed by atoms with E-state index in [1.165, 1.54) is 12.1 Å². The van der Waals surface area contributed by atoms with E-state index in [1.54, 1.807) is 0 Å². The van der Waals surface area contributed by atoms with E-state index in [4.69, 9.17) is 5.73 Å². The smallest absolute Gasteiger partial charge is 0.294 e. The Kier molecular flexibility index (Phi) is 4.88. The van der Waals surface area contributed by atoms with Crippen molar-refractivity contribution in [1.82, 2.24) is 0 Å². The molecule has 0 fully saturated rings. The van der Waals surface area contributed by atoms with Gasteiger partial charge in [0.15, 0.2) is 0 Å². The quantitative estimate of drug-likeness (QED) is 0.541. The number of nitrogens with two attached hydrogens (primary N) is 1. The molecule has 0 aromatic heterocycles. The first-order valence-corrected chi connectivity index (χ1v) is 9.35. The number of benzene rings is 3. The maximum atomic E-state index is 11.9. The molecule has 0 bridgehead atoms. The van der Waals surface area contributed by atoms with Gasteiger partial charge in [0.25, 0.3) is 10.1 Å². The monoisotopic (exact) mass is 353 g/mol. The highest BCUT2D eigenvalue weighted by Gasteiger charge is 2.20. The third-order valence-electron chi connectivity index (χ3n) is 4.15. The Morgan fingerprint density at radius 3 is 1.68 bits per heavy atom. The molecule has 3 aromatic rings. The van der Waals surface area contributed by atoms with Crippen molar-refractivity contribution >= 4 is 15.8 Å². The Balaban J connectivity index is 2.15. The van der Waals surface area contributed by atoms with E-state index >= 15 is 0 Å². The summed E-state index contributed by atoms with van der Waals surface area (Å²) >= 11 is 0. The molecular weight excluding hydrogens is 334 g/mol. The van der Waals surface area contributed by atoms with E-state index in [-0.39, 0.29) is 4.90 Å². The van der Waals surface area contributed by atoms with Gasteiger partial charge in [-0.15, -0.1) is 0 Å². The van der Waals surface area contributed by atoms with Crippen molar-refractivity contribution in [2.75, 3.05) is 5.73 Å². The van der Waals surface area contributed by atoms with Gasteiger partial charge >= 0.3 is 0 Å². The summed E-state index contributed by atoms with van der Waals surface area (Å²) in [6.07, 6.45) is 0.876. The Labute approximate surface area is 147 Å². The van der Waals surface area contributed by atoms with E-state index in [9.17, 15) is 13.0 Å². The first kappa shape index (κ1) is 17.2. The average Bonchev–Trinajstić information content (AvgIpc) is 2.59. The highest BCUT2D eigenvalue weighted by molar-refractivity contribution is 7.85. The van der Waals surface area contributed by atoms with Gasteiger partial charge in [-0.3, -0.25) is 4.55 Å². The largest absolute Gasteiger partial charge is 0.398 e. The maximum Gasteiger partial charge on any atom is 0.294 e. The zero-order chi connectivity index (χ0) is 17.9. The van der Waals surface area contributed by atoms with Crippen molar-refractivity contribution in [3.8, 4) is 0 Å². The Bertz CT molecular complexity index is 969. The Morgan fingerprint density at radius 2 is 1.20 bits per heavy atom. The van der Waals surface area contributed by atoms with Gasteiger partial charge in [-0.2, -0.15) is 8.42 Å². The van der Waals surface area contributed by atoms with Crippen LogP contribution in [-0.4, -0.2) is 13.0 Å². The summed E-state index contributed by atoms with van der Waals surface area (Å²) in [6, 6.07) is 22.1. The summed E-state index contributed by atoms with van der Waals surface area (Å²) < 4.78 is 33.4. The van der Waals surface area contributed by atoms with Gasteiger partial charge in [0, 0.05) is 5.69 Å². The van der Waals surface area contributed by atoms with Gasteiger partial charge in [0.2, 0.25) is 0 Å². The van der Waals surface area contributed by atoms with Crippen LogP contribution in [0.4, 0.5) is 5.69 Å². The third-order valence-corrected chi connectivity index (χ3v) is 5.09. The van der Waals surface area contributed by atoms with Crippen molar-refractivity contribution in [3.63, 3.8) is 0 Å². The third kappa shape index (κ3) is 4.07. The van der Waals surface area contributed by atoms with E-state index in [1.807, 2.05) is 60.7 Å². The zero-order valence-electron chi connectivity index (χ0n) is 13.6. The Hall–Kier alpha value is -2.63. The van der Waals surface area contributed by atoms with Gasteiger partial charge in [0.05, 0.1) is 4.90 Å². The van der Waals surface area contributed by atoms with Crippen LogP contribution >= 0.6 is 0 Å². The Morgan fingerprint density at radius 1 is 0.720 bits per heavy atom. The SMILES string of the molecule is Nc1ccc(S(=O)(=O)O)c(Cc2ccccc2)c1Cc1ccccc1. The van der Waals surface area contributed by atoms with Crippen LogP contribution in [0.15, 0.2) is 77.7 Å². The molecule has 5 heteroatoms. The molecule has 3 rings (SSSR count). The van der Waals surface area contributed by atoms with E-state index in [0.717, 1.165) is 16.7 Å². The van der Waals surface area contributed by atoms with Crippen molar-refractivity contribution in [3.05, 3.63) is 95.1 Å². The number of rotatable bonds is 5. The molecule has 25 heavy (non-hydrogen) atoms. The molecule has 4 nitrogen and oxygen atoms in total. The van der Waals surface area contributed by atoms with Gasteiger partial charge in [-0.05, 0) is 47.2 Å². The molecule has 0 aliphatic heterocycles. The lowest BCUT2D eigenvalue weighted by Gasteiger charge is -2.16. The summed E-state index contributed by atoms with van der Waals surface area (Å²) in [5.41, 5.74) is 9.92. The number of anilines is 1. The molecule has 0 unspecified atom stereocenters. The minimum atomic E-state index is -4.34. The van der Waals surface area contributed by atoms with Gasteiger partial charge in [-0.25, -0.2) is 0 Å². The maximum absolute atomic E-state index is 11.9. The molecule has 3 N–H and O–H groups in total. The molecule has 0 aliphatic carbocycles. The highest BCUT2D eigenvalue weighted by Crippen LogP contribution is 2.29. The molecule has 0 amide bonds. The molecule has 0 aliphatic rings. The summed E-state index contributed by atoms with van der Waals surface area (Å²) in [6.45, 7) is 0. The number of hydrogen-bond donors (Lipinski definition) is 2. The first-order valence-electron chi connectivity index (χ1n) is 7.90. The molecule has 0 atom stereocenters. The van der Waals surface area contributed by atoms with Crippen LogP contribution in [0.1, 0.15) is 22.3 Å². The van der Waals surface area contributed by atoms with Crippen molar-refractivity contribution in [2.45, 2.75) is 17.7 Å². The predicted octanol–water partition coefficient (Wildman–Crippen LogP) is 3.70. The minimum absolute atomic E-state index is 0.0866. The van der Waals surface area contributed by atoms with E-state index < -0.39 is 10.1 Å². The summed E-state index contributed by atoms with van der Waals surface area (Å²) in [5, 5.41) is 0. The molecule has 3 aromatic carbocycles. The van der Waals surface area contributed by atoms with Crippen molar-refractivity contribution < 1.29 is 13.0 Å². The molecule has 0 heterocycles. The normalized spacial score (nSPS) is 11.4. The fourth-order valence-corrected chi connectivity index (χ4v) is 3.68. The van der Waals surface area contributed by atoms with Gasteiger partial charge in [-0.1, -0.05) is 60.7 Å². The molecule has 128 valence electrons. The fraction of sp³-hybridized carbons (Fsp3) is 0.100. The number of nitrogen functional groups attached to an aromatic ring is 1. The zero-order valence-corrected chi connectivity index (χ0v) is 14.4. The van der Waals surface area contributed by atoms with Crippen LogP contribution in [0.2, 0.25) is 0 Å². The van der Waals surface area contributed by atoms with Crippen LogP contribution in [0, 0.1) is 0 Å². The fourth-order valence-electron chi connectivity index (χ4n) is 2.93. The minimum Gasteiger partial charge on any atom is -0.398 e. The number of hydrogen-bond acceptors (Lipinski definition) is 3. The lowest BCUT2D eigenvalue weighted by molar-refractivity contribution is 0.482. The summed E-state index contributed by atoms with van der Waals surface area (Å²) in [4.78, 5) is -0.0866. The van der Waals surface area contributed by atoms with Gasteiger partial charge < -0.3 is 5.73 Å². The molecule has 0 spiro atoms. The summed E-state index contributed by atoms with van der Waals surface area (Å²) in [7, 11) is -4.34. The highest BCUT2D eigenvalue weighted by atomic mass is 32.2. The second-order valence-corrected chi connectivity index (χ2v) is 7.30. The van der Waals surface area contributed by atoms with E-state index in [0.29, 0.717) is 24.1 Å². The summed E-state index contributed by atoms with van der Waals surface area (Å²) in [5.74, 6) is 0. The van der Waals surface area contributed by atoms with Crippen molar-refractivity contribution in [2.24, 2.45) is 0 Å². The van der Waals surface area contributed by atoms with E-state index in [2.05, 4.69) is 0 Å². The molecular formula is C20H19NO3S. The topological polar surface area (TPSA) is 80.4 Å². The average molecular weight is 353 g/mol. The van der Waals surface area contributed by atoms with Gasteiger partial charge in [0.1, 0.15) is 0 Å². The van der Waals surface area contributed by atoms with Crippen LogP contribution in [0.25, 0.3) is 0 Å². The molecule has 0 radical (unpaired) electrons. The van der Waals surface area contributed by atoms with Crippen LogP contribution in [0.5, 0.6) is 0 Å². The first-order chi connectivity index (χ1) is 11.9. The van der Waals surface area contributed by atoms with Crippen LogP contribution in [0.3, 0.4) is 0 Å². The second-order valence-electron chi connectivity index (χ2n) is 5.91. The van der Waals surface area contributed by atoms with Crippen LogP contribution < -0.4 is 5.73 Å².